The Morgan fingerprint density at radius 3 is 2.96 bits per heavy atom. The first kappa shape index (κ1) is 15.4. The number of hydrogen-bond acceptors (Lipinski definition) is 3. The third kappa shape index (κ3) is 3.48. The molecule has 2 aromatic heterocycles. The molecule has 0 aliphatic rings. The smallest absolute Gasteiger partial charge is 0.248 e. The minimum absolute atomic E-state index is 0.201. The lowest BCUT2D eigenvalue weighted by Gasteiger charge is -2.02. The van der Waals surface area contributed by atoms with Crippen LogP contribution in [0.15, 0.2) is 47.1 Å². The van der Waals surface area contributed by atoms with Crippen LogP contribution in [0.2, 0.25) is 0 Å². The van der Waals surface area contributed by atoms with Crippen molar-refractivity contribution in [1.82, 2.24) is 14.8 Å². The zero-order chi connectivity index (χ0) is 16.4. The van der Waals surface area contributed by atoms with Crippen molar-refractivity contribution in [2.75, 3.05) is 5.32 Å². The number of pyridine rings is 1. The van der Waals surface area contributed by atoms with Crippen LogP contribution in [0.5, 0.6) is 0 Å². The first-order valence-electron chi connectivity index (χ1n) is 7.07. The van der Waals surface area contributed by atoms with Gasteiger partial charge in [0.1, 0.15) is 0 Å². The maximum absolute atomic E-state index is 12.0. The average molecular weight is 371 g/mol. The number of nitrogens with zero attached hydrogens (tertiary/aromatic N) is 3. The van der Waals surface area contributed by atoms with Gasteiger partial charge in [0.15, 0.2) is 5.65 Å². The first-order chi connectivity index (χ1) is 11.0. The number of amides is 1. The standard InChI is InChI=1S/C17H15BrN4O/c1-11-15-9-14(10-19-17(15)22(2)21-11)20-16(23)7-6-12-4-3-5-13(18)8-12/h3-10H,1-2H3,(H,20,23). The molecule has 116 valence electrons. The number of rotatable bonds is 3. The highest BCUT2D eigenvalue weighted by Gasteiger charge is 2.07. The van der Waals surface area contributed by atoms with E-state index in [-0.39, 0.29) is 5.91 Å². The van der Waals surface area contributed by atoms with E-state index in [0.29, 0.717) is 5.69 Å². The quantitative estimate of drug-likeness (QED) is 0.715. The summed E-state index contributed by atoms with van der Waals surface area (Å²) in [5.41, 5.74) is 3.28. The lowest BCUT2D eigenvalue weighted by Crippen LogP contribution is -2.08. The summed E-state index contributed by atoms with van der Waals surface area (Å²) in [6.45, 7) is 1.92. The molecule has 0 saturated carbocycles. The number of aromatic nitrogens is 3. The maximum atomic E-state index is 12.0. The van der Waals surface area contributed by atoms with Gasteiger partial charge in [-0.05, 0) is 36.8 Å². The summed E-state index contributed by atoms with van der Waals surface area (Å²) in [5, 5.41) is 8.07. The molecule has 0 fully saturated rings. The van der Waals surface area contributed by atoms with Gasteiger partial charge in [-0.25, -0.2) is 4.98 Å². The van der Waals surface area contributed by atoms with Gasteiger partial charge in [0.25, 0.3) is 0 Å². The number of hydrogen-bond donors (Lipinski definition) is 1. The predicted molar refractivity (Wildman–Crippen MR) is 95.1 cm³/mol. The molecule has 3 aromatic rings. The Bertz CT molecular complexity index is 914. The Morgan fingerprint density at radius 1 is 1.35 bits per heavy atom. The van der Waals surface area contributed by atoms with Crippen LogP contribution in [0.1, 0.15) is 11.3 Å². The van der Waals surface area contributed by atoms with Crippen molar-refractivity contribution in [3.8, 4) is 0 Å². The third-order valence-electron chi connectivity index (χ3n) is 3.41. The van der Waals surface area contributed by atoms with E-state index in [2.05, 4.69) is 31.3 Å². The Hall–Kier alpha value is -2.47. The number of anilines is 1. The second kappa shape index (κ2) is 6.34. The summed E-state index contributed by atoms with van der Waals surface area (Å²) in [6, 6.07) is 9.62. The van der Waals surface area contributed by atoms with E-state index in [1.165, 1.54) is 6.08 Å². The van der Waals surface area contributed by atoms with Gasteiger partial charge >= 0.3 is 0 Å². The molecule has 1 N–H and O–H groups in total. The third-order valence-corrected chi connectivity index (χ3v) is 3.90. The molecular weight excluding hydrogens is 356 g/mol. The van der Waals surface area contributed by atoms with E-state index in [0.717, 1.165) is 26.8 Å². The Kier molecular flexibility index (Phi) is 4.25. The fourth-order valence-electron chi connectivity index (χ4n) is 2.34. The fraction of sp³-hybridized carbons (Fsp3) is 0.118. The second-order valence-electron chi connectivity index (χ2n) is 5.18. The molecule has 6 heteroatoms. The van der Waals surface area contributed by atoms with E-state index < -0.39 is 0 Å². The number of halogens is 1. The topological polar surface area (TPSA) is 59.8 Å². The molecule has 3 rings (SSSR count). The molecular formula is C17H15BrN4O. The Balaban J connectivity index is 1.76. The van der Waals surface area contributed by atoms with Gasteiger partial charge in [0.05, 0.1) is 17.6 Å². The molecule has 0 unspecified atom stereocenters. The van der Waals surface area contributed by atoms with E-state index in [4.69, 9.17) is 0 Å². The summed E-state index contributed by atoms with van der Waals surface area (Å²) < 4.78 is 2.70. The van der Waals surface area contributed by atoms with Crippen molar-refractivity contribution in [3.05, 3.63) is 58.3 Å². The van der Waals surface area contributed by atoms with E-state index in [1.54, 1.807) is 17.0 Å². The van der Waals surface area contributed by atoms with Crippen LogP contribution in [-0.2, 0) is 11.8 Å². The van der Waals surface area contributed by atoms with Gasteiger partial charge in [0.2, 0.25) is 5.91 Å². The predicted octanol–water partition coefficient (Wildman–Crippen LogP) is 3.69. The van der Waals surface area contributed by atoms with Crippen LogP contribution in [0.3, 0.4) is 0 Å². The minimum Gasteiger partial charge on any atom is -0.321 e. The number of carbonyl (C=O) groups is 1. The molecule has 0 atom stereocenters. The van der Waals surface area contributed by atoms with Gasteiger partial charge < -0.3 is 5.32 Å². The van der Waals surface area contributed by atoms with Crippen LogP contribution in [0.4, 0.5) is 5.69 Å². The molecule has 0 aliphatic carbocycles. The van der Waals surface area contributed by atoms with E-state index in [9.17, 15) is 4.79 Å². The summed E-state index contributed by atoms with van der Waals surface area (Å²) in [7, 11) is 1.85. The molecule has 23 heavy (non-hydrogen) atoms. The van der Waals surface area contributed by atoms with Gasteiger partial charge in [-0.1, -0.05) is 28.1 Å². The van der Waals surface area contributed by atoms with Crippen LogP contribution in [-0.4, -0.2) is 20.7 Å². The summed E-state index contributed by atoms with van der Waals surface area (Å²) in [6.07, 6.45) is 4.90. The molecule has 0 aliphatic heterocycles. The number of nitrogens with one attached hydrogen (secondary N) is 1. The maximum Gasteiger partial charge on any atom is 0.248 e. The zero-order valence-electron chi connectivity index (χ0n) is 12.7. The second-order valence-corrected chi connectivity index (χ2v) is 6.10. The summed E-state index contributed by atoms with van der Waals surface area (Å²) >= 11 is 3.40. The van der Waals surface area contributed by atoms with Crippen molar-refractivity contribution in [2.45, 2.75) is 6.92 Å². The fourth-order valence-corrected chi connectivity index (χ4v) is 2.76. The lowest BCUT2D eigenvalue weighted by atomic mass is 10.2. The van der Waals surface area contributed by atoms with Crippen LogP contribution < -0.4 is 5.32 Å². The molecule has 0 bridgehead atoms. The molecule has 1 aromatic carbocycles. The van der Waals surface area contributed by atoms with Gasteiger partial charge in [0, 0.05) is 23.0 Å². The SMILES string of the molecule is Cc1nn(C)c2ncc(NC(=O)C=Cc3cccc(Br)c3)cc12. The van der Waals surface area contributed by atoms with Crippen molar-refractivity contribution in [2.24, 2.45) is 7.05 Å². The van der Waals surface area contributed by atoms with Crippen LogP contribution >= 0.6 is 15.9 Å². The van der Waals surface area contributed by atoms with Crippen LogP contribution in [0, 0.1) is 6.92 Å². The van der Waals surface area contributed by atoms with Crippen molar-refractivity contribution in [1.29, 1.82) is 0 Å². The first-order valence-corrected chi connectivity index (χ1v) is 7.86. The van der Waals surface area contributed by atoms with Gasteiger partial charge in [-0.15, -0.1) is 0 Å². The van der Waals surface area contributed by atoms with E-state index in [1.807, 2.05) is 44.3 Å². The number of fused-ring (bicyclic) bond motifs is 1. The zero-order valence-corrected chi connectivity index (χ0v) is 14.3. The number of aryl methyl sites for hydroxylation is 2. The molecule has 0 radical (unpaired) electrons. The normalized spacial score (nSPS) is 11.3. The summed E-state index contributed by atoms with van der Waals surface area (Å²) in [4.78, 5) is 16.4. The average Bonchev–Trinajstić information content (AvgIpc) is 2.80. The molecule has 1 amide bonds. The van der Waals surface area contributed by atoms with Crippen LogP contribution in [0.25, 0.3) is 17.1 Å². The summed E-state index contributed by atoms with van der Waals surface area (Å²) in [5.74, 6) is -0.201. The van der Waals surface area contributed by atoms with Crippen molar-refractivity contribution in [3.63, 3.8) is 0 Å². The highest BCUT2D eigenvalue weighted by atomic mass is 79.9. The van der Waals surface area contributed by atoms with Crippen molar-refractivity contribution < 1.29 is 4.79 Å². The Morgan fingerprint density at radius 2 is 2.17 bits per heavy atom. The van der Waals surface area contributed by atoms with E-state index >= 15 is 0 Å². The van der Waals surface area contributed by atoms with Gasteiger partial charge in [-0.3, -0.25) is 9.48 Å². The van der Waals surface area contributed by atoms with Gasteiger partial charge in [-0.2, -0.15) is 5.10 Å². The molecule has 5 nitrogen and oxygen atoms in total. The number of benzene rings is 1. The largest absolute Gasteiger partial charge is 0.321 e. The molecule has 0 spiro atoms. The minimum atomic E-state index is -0.201. The Labute approximate surface area is 142 Å². The molecule has 2 heterocycles. The van der Waals surface area contributed by atoms with Crippen molar-refractivity contribution >= 4 is 44.6 Å². The highest BCUT2D eigenvalue weighted by molar-refractivity contribution is 9.10. The highest BCUT2D eigenvalue weighted by Crippen LogP contribution is 2.19. The molecule has 0 saturated heterocycles. The number of carbonyl (C=O) groups excluding carboxylic acids is 1. The lowest BCUT2D eigenvalue weighted by molar-refractivity contribution is -0.111. The monoisotopic (exact) mass is 370 g/mol.